The largest absolute Gasteiger partial charge is 0.393 e. The monoisotopic (exact) mass is 229 g/mol. The lowest BCUT2D eigenvalue weighted by atomic mass is 10.0. The van der Waals surface area contributed by atoms with Crippen molar-refractivity contribution in [2.45, 2.75) is 39.3 Å². The van der Waals surface area contributed by atoms with Crippen LogP contribution in [-0.4, -0.2) is 41.1 Å². The maximum Gasteiger partial charge on any atom is 0.238 e. The van der Waals surface area contributed by atoms with Gasteiger partial charge in [-0.3, -0.25) is 15.1 Å². The third-order valence-electron chi connectivity index (χ3n) is 3.79. The van der Waals surface area contributed by atoms with E-state index in [-0.39, 0.29) is 24.0 Å². The molecule has 0 aliphatic carbocycles. The number of nitrogens with one attached hydrogen (secondary N) is 1. The van der Waals surface area contributed by atoms with Crippen molar-refractivity contribution in [3.8, 4) is 0 Å². The molecular weight excluding hydrogens is 206 g/mol. The fourth-order valence-electron chi connectivity index (χ4n) is 2.25. The molecule has 16 heavy (non-hydrogen) atoms. The number of nitrogens with zero attached hydrogens (tertiary/aromatic N) is 1. The highest BCUT2D eigenvalue weighted by Crippen LogP contribution is 2.24. The molecule has 0 aromatic rings. The second kappa shape index (κ2) is 5.61. The summed E-state index contributed by atoms with van der Waals surface area (Å²) in [4.78, 5) is 13.7. The molecule has 1 fully saturated rings. The SMILES string of the molecule is CC(O)C1CCN(C(C)C(C)C(=O)NN)C1. The van der Waals surface area contributed by atoms with E-state index in [1.54, 1.807) is 0 Å². The average molecular weight is 229 g/mol. The molecule has 0 radical (unpaired) electrons. The number of nitrogens with two attached hydrogens (primary N) is 1. The van der Waals surface area contributed by atoms with Gasteiger partial charge in [-0.25, -0.2) is 5.84 Å². The number of amides is 1. The lowest BCUT2D eigenvalue weighted by Crippen LogP contribution is -2.45. The molecule has 1 rings (SSSR count). The highest BCUT2D eigenvalue weighted by Gasteiger charge is 2.32. The van der Waals surface area contributed by atoms with E-state index in [2.05, 4.69) is 10.3 Å². The predicted molar refractivity (Wildman–Crippen MR) is 62.3 cm³/mol. The average Bonchev–Trinajstić information content (AvgIpc) is 2.75. The molecule has 1 heterocycles. The van der Waals surface area contributed by atoms with Crippen LogP contribution in [0.1, 0.15) is 27.2 Å². The van der Waals surface area contributed by atoms with Gasteiger partial charge in [0.15, 0.2) is 0 Å². The molecule has 1 amide bonds. The first-order valence-corrected chi connectivity index (χ1v) is 5.90. The summed E-state index contributed by atoms with van der Waals surface area (Å²) in [5.74, 6) is 5.20. The van der Waals surface area contributed by atoms with Crippen LogP contribution in [0.4, 0.5) is 0 Å². The molecule has 5 nitrogen and oxygen atoms in total. The molecule has 0 aromatic heterocycles. The number of likely N-dealkylation sites (tertiary alicyclic amines) is 1. The molecule has 0 bridgehead atoms. The first-order valence-electron chi connectivity index (χ1n) is 5.90. The quantitative estimate of drug-likeness (QED) is 0.351. The maximum atomic E-state index is 11.4. The van der Waals surface area contributed by atoms with Crippen LogP contribution in [0.25, 0.3) is 0 Å². The molecule has 94 valence electrons. The number of hydrazine groups is 1. The summed E-state index contributed by atoms with van der Waals surface area (Å²) in [7, 11) is 0. The molecule has 0 spiro atoms. The van der Waals surface area contributed by atoms with Crippen LogP contribution in [0, 0.1) is 11.8 Å². The Morgan fingerprint density at radius 3 is 2.56 bits per heavy atom. The predicted octanol–water partition coefficient (Wildman–Crippen LogP) is -0.296. The Morgan fingerprint density at radius 2 is 2.12 bits per heavy atom. The highest BCUT2D eigenvalue weighted by atomic mass is 16.3. The lowest BCUT2D eigenvalue weighted by Gasteiger charge is -2.28. The zero-order chi connectivity index (χ0) is 12.3. The molecule has 4 unspecified atom stereocenters. The van der Waals surface area contributed by atoms with Gasteiger partial charge < -0.3 is 5.11 Å². The van der Waals surface area contributed by atoms with E-state index in [1.807, 2.05) is 20.8 Å². The Labute approximate surface area is 97.0 Å². The van der Waals surface area contributed by atoms with Crippen molar-refractivity contribution in [1.29, 1.82) is 0 Å². The van der Waals surface area contributed by atoms with Crippen LogP contribution in [0.15, 0.2) is 0 Å². The Balaban J connectivity index is 2.50. The summed E-state index contributed by atoms with van der Waals surface area (Å²) in [6, 6.07) is 0.160. The summed E-state index contributed by atoms with van der Waals surface area (Å²) in [6.45, 7) is 7.54. The van der Waals surface area contributed by atoms with Crippen LogP contribution in [0.3, 0.4) is 0 Å². The van der Waals surface area contributed by atoms with Crippen LogP contribution in [0.5, 0.6) is 0 Å². The molecule has 1 aliphatic heterocycles. The summed E-state index contributed by atoms with van der Waals surface area (Å²) < 4.78 is 0. The van der Waals surface area contributed by atoms with Crippen LogP contribution in [-0.2, 0) is 4.79 Å². The highest BCUT2D eigenvalue weighted by molar-refractivity contribution is 5.78. The molecule has 4 N–H and O–H groups in total. The van der Waals surface area contributed by atoms with Gasteiger partial charge >= 0.3 is 0 Å². The zero-order valence-corrected chi connectivity index (χ0v) is 10.3. The molecule has 0 aromatic carbocycles. The van der Waals surface area contributed by atoms with Crippen LogP contribution < -0.4 is 11.3 Å². The lowest BCUT2D eigenvalue weighted by molar-refractivity contribution is -0.126. The Kier molecular flexibility index (Phi) is 4.70. The van der Waals surface area contributed by atoms with E-state index in [0.29, 0.717) is 5.92 Å². The van der Waals surface area contributed by atoms with Crippen molar-refractivity contribution in [2.24, 2.45) is 17.7 Å². The van der Waals surface area contributed by atoms with Crippen molar-refractivity contribution in [2.75, 3.05) is 13.1 Å². The van der Waals surface area contributed by atoms with Gasteiger partial charge in [-0.1, -0.05) is 6.92 Å². The van der Waals surface area contributed by atoms with E-state index in [0.717, 1.165) is 19.5 Å². The van der Waals surface area contributed by atoms with E-state index in [4.69, 9.17) is 5.84 Å². The topological polar surface area (TPSA) is 78.6 Å². The fourth-order valence-corrected chi connectivity index (χ4v) is 2.25. The summed E-state index contributed by atoms with van der Waals surface area (Å²) >= 11 is 0. The van der Waals surface area contributed by atoms with E-state index in [1.165, 1.54) is 0 Å². The van der Waals surface area contributed by atoms with Gasteiger partial charge in [0.05, 0.1) is 12.0 Å². The molecule has 5 heteroatoms. The first kappa shape index (κ1) is 13.4. The first-order chi connectivity index (χ1) is 7.47. The zero-order valence-electron chi connectivity index (χ0n) is 10.3. The summed E-state index contributed by atoms with van der Waals surface area (Å²) in [5, 5.41) is 9.52. The number of hydrogen-bond donors (Lipinski definition) is 3. The van der Waals surface area contributed by atoms with Crippen molar-refractivity contribution in [3.63, 3.8) is 0 Å². The Bertz CT molecular complexity index is 245. The number of aliphatic hydroxyl groups is 1. The fraction of sp³-hybridized carbons (Fsp3) is 0.909. The summed E-state index contributed by atoms with van der Waals surface area (Å²) in [5.41, 5.74) is 2.19. The van der Waals surface area contributed by atoms with Gasteiger partial charge in [0.1, 0.15) is 0 Å². The van der Waals surface area contributed by atoms with Gasteiger partial charge in [0, 0.05) is 12.6 Å². The number of hydrogen-bond acceptors (Lipinski definition) is 4. The summed E-state index contributed by atoms with van der Waals surface area (Å²) in [6.07, 6.45) is 0.731. The van der Waals surface area contributed by atoms with Crippen LogP contribution in [0.2, 0.25) is 0 Å². The maximum absolute atomic E-state index is 11.4. The number of carbonyl (C=O) groups excluding carboxylic acids is 1. The van der Waals surface area contributed by atoms with E-state index >= 15 is 0 Å². The van der Waals surface area contributed by atoms with Gasteiger partial charge in [-0.05, 0) is 32.7 Å². The van der Waals surface area contributed by atoms with Gasteiger partial charge in [-0.15, -0.1) is 0 Å². The van der Waals surface area contributed by atoms with Gasteiger partial charge in [-0.2, -0.15) is 0 Å². The number of carbonyl (C=O) groups is 1. The van der Waals surface area contributed by atoms with Gasteiger partial charge in [0.25, 0.3) is 0 Å². The molecule has 1 aliphatic rings. The van der Waals surface area contributed by atoms with Crippen molar-refractivity contribution < 1.29 is 9.90 Å². The molecular formula is C11H23N3O2. The Hall–Kier alpha value is -0.650. The number of aliphatic hydroxyl groups excluding tert-OH is 1. The molecule has 4 atom stereocenters. The normalized spacial score (nSPS) is 27.4. The minimum atomic E-state index is -0.268. The smallest absolute Gasteiger partial charge is 0.238 e. The third kappa shape index (κ3) is 2.93. The second-order valence-electron chi connectivity index (χ2n) is 4.82. The van der Waals surface area contributed by atoms with Crippen molar-refractivity contribution >= 4 is 5.91 Å². The van der Waals surface area contributed by atoms with E-state index in [9.17, 15) is 9.90 Å². The number of rotatable bonds is 4. The van der Waals surface area contributed by atoms with Crippen molar-refractivity contribution in [3.05, 3.63) is 0 Å². The molecule has 1 saturated heterocycles. The van der Waals surface area contributed by atoms with Crippen LogP contribution >= 0.6 is 0 Å². The van der Waals surface area contributed by atoms with E-state index < -0.39 is 0 Å². The third-order valence-corrected chi connectivity index (χ3v) is 3.79. The molecule has 0 saturated carbocycles. The Morgan fingerprint density at radius 1 is 1.50 bits per heavy atom. The van der Waals surface area contributed by atoms with Gasteiger partial charge in [0.2, 0.25) is 5.91 Å². The minimum Gasteiger partial charge on any atom is -0.393 e. The minimum absolute atomic E-state index is 0.127. The standard InChI is InChI=1S/C11H23N3O2/c1-7(11(16)13-12)8(2)14-5-4-10(6-14)9(3)15/h7-10,15H,4-6,12H2,1-3H3,(H,13,16). The second-order valence-corrected chi connectivity index (χ2v) is 4.82. The van der Waals surface area contributed by atoms with Crippen molar-refractivity contribution in [1.82, 2.24) is 10.3 Å².